The first-order chi connectivity index (χ1) is 10.1. The van der Waals surface area contributed by atoms with Crippen molar-refractivity contribution in [1.82, 2.24) is 19.3 Å². The molecular formula is C15H15ClN4O. The molecule has 0 N–H and O–H groups in total. The molecule has 2 heterocycles. The number of fused-ring (bicyclic) bond motifs is 1. The third-order valence-corrected chi connectivity index (χ3v) is 3.96. The Hall–Kier alpha value is -2.14. The fourth-order valence-corrected chi connectivity index (χ4v) is 2.55. The summed E-state index contributed by atoms with van der Waals surface area (Å²) in [6.45, 7) is 2.40. The Bertz CT molecular complexity index is 866. The number of halogens is 1. The average Bonchev–Trinajstić information content (AvgIpc) is 2.82. The van der Waals surface area contributed by atoms with Gasteiger partial charge in [-0.05, 0) is 19.1 Å². The summed E-state index contributed by atoms with van der Waals surface area (Å²) in [5, 5.41) is 4.81. The molecule has 0 unspecified atom stereocenters. The van der Waals surface area contributed by atoms with Gasteiger partial charge in [0.1, 0.15) is 5.82 Å². The molecule has 108 valence electrons. The Morgan fingerprint density at radius 2 is 2.05 bits per heavy atom. The predicted molar refractivity (Wildman–Crippen MR) is 82.6 cm³/mol. The Morgan fingerprint density at radius 3 is 2.71 bits per heavy atom. The van der Waals surface area contributed by atoms with Crippen LogP contribution in [0.2, 0.25) is 0 Å². The van der Waals surface area contributed by atoms with Crippen LogP contribution in [0.1, 0.15) is 17.1 Å². The first kappa shape index (κ1) is 13.8. The number of aromatic nitrogens is 4. The number of rotatable bonds is 3. The van der Waals surface area contributed by atoms with Crippen molar-refractivity contribution in [3.63, 3.8) is 0 Å². The van der Waals surface area contributed by atoms with Gasteiger partial charge >= 0.3 is 0 Å². The van der Waals surface area contributed by atoms with Crippen molar-refractivity contribution in [2.75, 3.05) is 0 Å². The minimum absolute atomic E-state index is 0.0699. The summed E-state index contributed by atoms with van der Waals surface area (Å²) in [6.07, 6.45) is 1.77. The van der Waals surface area contributed by atoms with Gasteiger partial charge in [0.2, 0.25) is 0 Å². The van der Waals surface area contributed by atoms with Gasteiger partial charge in [-0.15, -0.1) is 11.6 Å². The van der Waals surface area contributed by atoms with E-state index in [0.717, 1.165) is 11.3 Å². The van der Waals surface area contributed by atoms with Crippen LogP contribution >= 0.6 is 11.6 Å². The largest absolute Gasteiger partial charge is 0.290 e. The summed E-state index contributed by atoms with van der Waals surface area (Å²) in [4.78, 5) is 17.2. The van der Waals surface area contributed by atoms with E-state index in [1.54, 1.807) is 21.5 Å². The molecule has 0 aliphatic carbocycles. The molecule has 0 atom stereocenters. The SMILES string of the molecule is Cc1c(Cn2c(CCl)nc3ccccc3c2=O)cnn1C. The molecule has 0 radical (unpaired) electrons. The van der Waals surface area contributed by atoms with Crippen LogP contribution < -0.4 is 5.56 Å². The molecule has 0 saturated heterocycles. The highest BCUT2D eigenvalue weighted by Gasteiger charge is 2.12. The summed E-state index contributed by atoms with van der Waals surface area (Å²) in [7, 11) is 1.88. The smallest absolute Gasteiger partial charge is 0.261 e. The van der Waals surface area contributed by atoms with Crippen LogP contribution in [0, 0.1) is 6.92 Å². The second-order valence-corrected chi connectivity index (χ2v) is 5.22. The third-order valence-electron chi connectivity index (χ3n) is 3.73. The van der Waals surface area contributed by atoms with Crippen LogP contribution in [0.25, 0.3) is 10.9 Å². The highest BCUT2D eigenvalue weighted by Crippen LogP contribution is 2.13. The van der Waals surface area contributed by atoms with Gasteiger partial charge in [0.15, 0.2) is 0 Å². The van der Waals surface area contributed by atoms with Crippen LogP contribution in [-0.2, 0) is 19.5 Å². The minimum Gasteiger partial charge on any atom is -0.290 e. The zero-order valence-electron chi connectivity index (χ0n) is 11.9. The molecule has 0 spiro atoms. The van der Waals surface area contributed by atoms with E-state index in [2.05, 4.69) is 10.1 Å². The minimum atomic E-state index is -0.0699. The number of hydrogen-bond acceptors (Lipinski definition) is 3. The lowest BCUT2D eigenvalue weighted by atomic mass is 10.2. The number of alkyl halides is 1. The second kappa shape index (κ2) is 5.33. The fraction of sp³-hybridized carbons (Fsp3) is 0.267. The van der Waals surface area contributed by atoms with E-state index in [0.29, 0.717) is 23.3 Å². The van der Waals surface area contributed by atoms with Crippen LogP contribution in [-0.4, -0.2) is 19.3 Å². The monoisotopic (exact) mass is 302 g/mol. The van der Waals surface area contributed by atoms with Gasteiger partial charge in [0.25, 0.3) is 5.56 Å². The lowest BCUT2D eigenvalue weighted by molar-refractivity contribution is 0.695. The van der Waals surface area contributed by atoms with Gasteiger partial charge in [-0.3, -0.25) is 14.0 Å². The molecule has 0 fully saturated rings. The molecular weight excluding hydrogens is 288 g/mol. The van der Waals surface area contributed by atoms with Crippen molar-refractivity contribution >= 4 is 22.5 Å². The van der Waals surface area contributed by atoms with E-state index >= 15 is 0 Å². The van der Waals surface area contributed by atoms with Crippen LogP contribution in [0.3, 0.4) is 0 Å². The van der Waals surface area contributed by atoms with Crippen molar-refractivity contribution < 1.29 is 0 Å². The topological polar surface area (TPSA) is 52.7 Å². The number of hydrogen-bond donors (Lipinski definition) is 0. The van der Waals surface area contributed by atoms with Crippen LogP contribution in [0.4, 0.5) is 0 Å². The molecule has 1 aromatic carbocycles. The van der Waals surface area contributed by atoms with Crippen molar-refractivity contribution in [2.24, 2.45) is 7.05 Å². The molecule has 0 saturated carbocycles. The average molecular weight is 303 g/mol. The highest BCUT2D eigenvalue weighted by atomic mass is 35.5. The summed E-state index contributed by atoms with van der Waals surface area (Å²) < 4.78 is 3.41. The maximum Gasteiger partial charge on any atom is 0.261 e. The Labute approximate surface area is 126 Å². The van der Waals surface area contributed by atoms with Gasteiger partial charge in [0, 0.05) is 18.3 Å². The normalized spacial score (nSPS) is 11.2. The predicted octanol–water partition coefficient (Wildman–Crippen LogP) is 2.23. The molecule has 2 aromatic heterocycles. The molecule has 0 aliphatic heterocycles. The first-order valence-corrected chi connectivity index (χ1v) is 7.17. The van der Waals surface area contributed by atoms with Gasteiger partial charge in [-0.1, -0.05) is 12.1 Å². The second-order valence-electron chi connectivity index (χ2n) is 4.95. The van der Waals surface area contributed by atoms with Crippen molar-refractivity contribution in [3.05, 3.63) is 57.9 Å². The highest BCUT2D eigenvalue weighted by molar-refractivity contribution is 6.16. The molecule has 3 rings (SSSR count). The van der Waals surface area contributed by atoms with Gasteiger partial charge < -0.3 is 0 Å². The molecule has 0 bridgehead atoms. The van der Waals surface area contributed by atoms with E-state index in [9.17, 15) is 4.79 Å². The zero-order valence-corrected chi connectivity index (χ0v) is 12.6. The van der Waals surface area contributed by atoms with E-state index < -0.39 is 0 Å². The molecule has 0 aliphatic rings. The van der Waals surface area contributed by atoms with Gasteiger partial charge in [-0.2, -0.15) is 5.10 Å². The molecule has 21 heavy (non-hydrogen) atoms. The maximum atomic E-state index is 12.7. The van der Waals surface area contributed by atoms with Crippen molar-refractivity contribution in [3.8, 4) is 0 Å². The van der Waals surface area contributed by atoms with Gasteiger partial charge in [-0.25, -0.2) is 4.98 Å². The first-order valence-electron chi connectivity index (χ1n) is 6.63. The van der Waals surface area contributed by atoms with E-state index in [1.807, 2.05) is 32.2 Å². The molecule has 6 heteroatoms. The van der Waals surface area contributed by atoms with Crippen molar-refractivity contribution in [2.45, 2.75) is 19.3 Å². The quantitative estimate of drug-likeness (QED) is 0.697. The Kier molecular flexibility index (Phi) is 3.51. The van der Waals surface area contributed by atoms with E-state index in [4.69, 9.17) is 11.6 Å². The number of nitrogens with zero attached hydrogens (tertiary/aromatic N) is 4. The lowest BCUT2D eigenvalue weighted by Crippen LogP contribution is -2.25. The summed E-state index contributed by atoms with van der Waals surface area (Å²) >= 11 is 5.97. The van der Waals surface area contributed by atoms with Crippen molar-refractivity contribution in [1.29, 1.82) is 0 Å². The number of benzene rings is 1. The van der Waals surface area contributed by atoms with Crippen LogP contribution in [0.5, 0.6) is 0 Å². The summed E-state index contributed by atoms with van der Waals surface area (Å²) in [6, 6.07) is 7.32. The third kappa shape index (κ3) is 2.34. The fourth-order valence-electron chi connectivity index (χ4n) is 2.35. The van der Waals surface area contributed by atoms with Gasteiger partial charge in [0.05, 0.1) is 29.5 Å². The number of para-hydroxylation sites is 1. The lowest BCUT2D eigenvalue weighted by Gasteiger charge is -2.11. The molecule has 0 amide bonds. The van der Waals surface area contributed by atoms with Crippen LogP contribution in [0.15, 0.2) is 35.3 Å². The Morgan fingerprint density at radius 1 is 1.29 bits per heavy atom. The number of aryl methyl sites for hydroxylation is 1. The zero-order chi connectivity index (χ0) is 15.0. The molecule has 3 aromatic rings. The van der Waals surface area contributed by atoms with E-state index in [-0.39, 0.29) is 11.4 Å². The summed E-state index contributed by atoms with van der Waals surface area (Å²) in [5.74, 6) is 0.767. The maximum absolute atomic E-state index is 12.7. The van der Waals surface area contributed by atoms with E-state index in [1.165, 1.54) is 0 Å². The Balaban J connectivity index is 2.19. The molecule has 5 nitrogen and oxygen atoms in total. The summed E-state index contributed by atoms with van der Waals surface area (Å²) in [5.41, 5.74) is 2.62. The standard InChI is InChI=1S/C15H15ClN4O/c1-10-11(8-17-19(10)2)9-20-14(7-16)18-13-6-4-3-5-12(13)15(20)21/h3-6,8H,7,9H2,1-2H3.